The molecule has 1 heterocycles. The molecule has 1 unspecified atom stereocenters. The van der Waals surface area contributed by atoms with Crippen molar-refractivity contribution in [2.75, 3.05) is 13.6 Å². The van der Waals surface area contributed by atoms with Crippen LogP contribution in [-0.2, 0) is 19.3 Å². The molecule has 3 rings (SSSR count). The summed E-state index contributed by atoms with van der Waals surface area (Å²) in [5.41, 5.74) is 3.76. The van der Waals surface area contributed by atoms with Crippen LogP contribution in [0.5, 0.6) is 0 Å². The summed E-state index contributed by atoms with van der Waals surface area (Å²) in [4.78, 5) is 4.36. The molecular weight excluding hydrogens is 473 g/mol. The van der Waals surface area contributed by atoms with Crippen LogP contribution in [0.2, 0.25) is 5.02 Å². The standard InChI is InChI=1S/C20H28ClN5.HI/c1-14(2)26-13-16-8-9-17(12-19(16)25-26)24-20(22-3)23-11-10-15-6-4-5-7-18(15)21;/h4-7,13-14,17H,8-12H2,1-3H3,(H2,22,23,24);1H. The van der Waals surface area contributed by atoms with E-state index >= 15 is 0 Å². The topological polar surface area (TPSA) is 54.2 Å². The molecule has 27 heavy (non-hydrogen) atoms. The lowest BCUT2D eigenvalue weighted by molar-refractivity contribution is 0.499. The van der Waals surface area contributed by atoms with Gasteiger partial charge in [0.05, 0.1) is 5.69 Å². The average Bonchev–Trinajstić information content (AvgIpc) is 3.06. The lowest BCUT2D eigenvalue weighted by atomic mass is 9.94. The van der Waals surface area contributed by atoms with Crippen LogP contribution in [0.3, 0.4) is 0 Å². The largest absolute Gasteiger partial charge is 0.356 e. The Morgan fingerprint density at radius 2 is 2.15 bits per heavy atom. The van der Waals surface area contributed by atoms with Gasteiger partial charge in [0.2, 0.25) is 0 Å². The number of halogens is 2. The predicted octanol–water partition coefficient (Wildman–Crippen LogP) is 4.00. The van der Waals surface area contributed by atoms with Gasteiger partial charge < -0.3 is 10.6 Å². The third kappa shape index (κ3) is 5.85. The molecule has 0 bridgehead atoms. The highest BCUT2D eigenvalue weighted by Gasteiger charge is 2.22. The molecule has 0 radical (unpaired) electrons. The van der Waals surface area contributed by atoms with E-state index in [-0.39, 0.29) is 24.0 Å². The highest BCUT2D eigenvalue weighted by molar-refractivity contribution is 14.0. The van der Waals surface area contributed by atoms with E-state index in [4.69, 9.17) is 16.7 Å². The van der Waals surface area contributed by atoms with Gasteiger partial charge in [-0.25, -0.2) is 0 Å². The number of hydrogen-bond donors (Lipinski definition) is 2. The molecule has 2 N–H and O–H groups in total. The van der Waals surface area contributed by atoms with Gasteiger partial charge in [0.25, 0.3) is 0 Å². The molecule has 0 fully saturated rings. The van der Waals surface area contributed by atoms with Gasteiger partial charge >= 0.3 is 0 Å². The monoisotopic (exact) mass is 501 g/mol. The highest BCUT2D eigenvalue weighted by Crippen LogP contribution is 2.21. The zero-order valence-corrected chi connectivity index (χ0v) is 19.3. The summed E-state index contributed by atoms with van der Waals surface area (Å²) in [6.45, 7) is 5.13. The maximum absolute atomic E-state index is 6.22. The molecule has 1 aromatic heterocycles. The molecule has 5 nitrogen and oxygen atoms in total. The zero-order chi connectivity index (χ0) is 18.5. The predicted molar refractivity (Wildman–Crippen MR) is 123 cm³/mol. The number of fused-ring (bicyclic) bond motifs is 1. The van der Waals surface area contributed by atoms with Crippen LogP contribution < -0.4 is 10.6 Å². The summed E-state index contributed by atoms with van der Waals surface area (Å²) in [5, 5.41) is 12.5. The number of aliphatic imine (C=N–C) groups is 1. The molecule has 1 aromatic carbocycles. The van der Waals surface area contributed by atoms with Gasteiger partial charge in [-0.3, -0.25) is 9.67 Å². The second-order valence-corrected chi connectivity index (χ2v) is 7.51. The number of nitrogens with zero attached hydrogens (tertiary/aromatic N) is 3. The van der Waals surface area contributed by atoms with Gasteiger partial charge in [-0.1, -0.05) is 29.8 Å². The van der Waals surface area contributed by atoms with Crippen molar-refractivity contribution in [3.05, 3.63) is 52.3 Å². The van der Waals surface area contributed by atoms with Gasteiger partial charge in [-0.15, -0.1) is 24.0 Å². The minimum atomic E-state index is 0. The van der Waals surface area contributed by atoms with Crippen molar-refractivity contribution in [2.45, 2.75) is 51.6 Å². The van der Waals surface area contributed by atoms with Crippen molar-refractivity contribution < 1.29 is 0 Å². The second-order valence-electron chi connectivity index (χ2n) is 7.10. The minimum Gasteiger partial charge on any atom is -0.356 e. The highest BCUT2D eigenvalue weighted by atomic mass is 127. The van der Waals surface area contributed by atoms with E-state index in [0.717, 1.165) is 48.8 Å². The molecule has 7 heteroatoms. The minimum absolute atomic E-state index is 0. The van der Waals surface area contributed by atoms with E-state index in [1.54, 1.807) is 0 Å². The van der Waals surface area contributed by atoms with Crippen LogP contribution in [0.1, 0.15) is 43.1 Å². The van der Waals surface area contributed by atoms with Gasteiger partial charge in [-0.2, -0.15) is 5.10 Å². The van der Waals surface area contributed by atoms with Crippen molar-refractivity contribution in [1.29, 1.82) is 0 Å². The molecule has 1 aliphatic carbocycles. The Bertz CT molecular complexity index is 771. The van der Waals surface area contributed by atoms with Crippen molar-refractivity contribution in [2.24, 2.45) is 4.99 Å². The Labute approximate surface area is 184 Å². The smallest absolute Gasteiger partial charge is 0.191 e. The van der Waals surface area contributed by atoms with E-state index in [1.165, 1.54) is 11.3 Å². The van der Waals surface area contributed by atoms with Crippen LogP contribution in [0, 0.1) is 0 Å². The lowest BCUT2D eigenvalue weighted by Gasteiger charge is -2.24. The number of guanidine groups is 1. The van der Waals surface area contributed by atoms with Gasteiger partial charge in [0, 0.05) is 43.3 Å². The fourth-order valence-corrected chi connectivity index (χ4v) is 3.54. The molecular formula is C20H29ClIN5. The van der Waals surface area contributed by atoms with Crippen molar-refractivity contribution in [1.82, 2.24) is 20.4 Å². The zero-order valence-electron chi connectivity index (χ0n) is 16.2. The van der Waals surface area contributed by atoms with Crippen molar-refractivity contribution in [3.8, 4) is 0 Å². The summed E-state index contributed by atoms with van der Waals surface area (Å²) in [6, 6.07) is 8.74. The molecule has 0 saturated carbocycles. The fraction of sp³-hybridized carbons (Fsp3) is 0.500. The number of aryl methyl sites for hydroxylation is 1. The first-order chi connectivity index (χ1) is 12.6. The van der Waals surface area contributed by atoms with Gasteiger partial charge in [0.15, 0.2) is 5.96 Å². The molecule has 1 atom stereocenters. The molecule has 148 valence electrons. The van der Waals surface area contributed by atoms with E-state index < -0.39 is 0 Å². The quantitative estimate of drug-likeness (QED) is 0.370. The Kier molecular flexibility index (Phi) is 8.41. The van der Waals surface area contributed by atoms with Crippen LogP contribution in [0.15, 0.2) is 35.5 Å². The van der Waals surface area contributed by atoms with Crippen LogP contribution in [-0.4, -0.2) is 35.4 Å². The lowest BCUT2D eigenvalue weighted by Crippen LogP contribution is -2.46. The van der Waals surface area contributed by atoms with Crippen LogP contribution in [0.25, 0.3) is 0 Å². The number of hydrogen-bond acceptors (Lipinski definition) is 2. The number of benzene rings is 1. The van der Waals surface area contributed by atoms with Crippen molar-refractivity contribution >= 4 is 41.5 Å². The van der Waals surface area contributed by atoms with Gasteiger partial charge in [-0.05, 0) is 50.3 Å². The maximum atomic E-state index is 6.22. The van der Waals surface area contributed by atoms with E-state index in [1.807, 2.05) is 25.2 Å². The van der Waals surface area contributed by atoms with Gasteiger partial charge in [0.1, 0.15) is 0 Å². The first-order valence-electron chi connectivity index (χ1n) is 9.34. The van der Waals surface area contributed by atoms with Crippen LogP contribution in [0.4, 0.5) is 0 Å². The summed E-state index contributed by atoms with van der Waals surface area (Å²) >= 11 is 6.22. The molecule has 0 amide bonds. The normalized spacial score (nSPS) is 16.6. The molecule has 2 aromatic rings. The average molecular weight is 502 g/mol. The Morgan fingerprint density at radius 3 is 2.85 bits per heavy atom. The fourth-order valence-electron chi connectivity index (χ4n) is 3.31. The second kappa shape index (κ2) is 10.3. The molecule has 0 saturated heterocycles. The van der Waals surface area contributed by atoms with E-state index in [0.29, 0.717) is 12.1 Å². The molecule has 0 aliphatic heterocycles. The third-order valence-corrected chi connectivity index (χ3v) is 5.20. The number of nitrogens with one attached hydrogen (secondary N) is 2. The third-order valence-electron chi connectivity index (χ3n) is 4.83. The maximum Gasteiger partial charge on any atom is 0.191 e. The Balaban J connectivity index is 0.00000261. The van der Waals surface area contributed by atoms with E-state index in [9.17, 15) is 0 Å². The SMILES string of the molecule is CN=C(NCCc1ccccc1Cl)NC1CCc2cn(C(C)C)nc2C1.I. The Morgan fingerprint density at radius 1 is 1.37 bits per heavy atom. The first kappa shape index (κ1) is 22.0. The van der Waals surface area contributed by atoms with Crippen molar-refractivity contribution in [3.63, 3.8) is 0 Å². The van der Waals surface area contributed by atoms with E-state index in [2.05, 4.69) is 46.4 Å². The van der Waals surface area contributed by atoms with Crippen LogP contribution >= 0.6 is 35.6 Å². The Hall–Kier alpha value is -1.28. The molecule has 1 aliphatic rings. The molecule has 0 spiro atoms. The summed E-state index contributed by atoms with van der Waals surface area (Å²) in [7, 11) is 1.81. The summed E-state index contributed by atoms with van der Waals surface area (Å²) in [6.07, 6.45) is 6.18. The summed E-state index contributed by atoms with van der Waals surface area (Å²) < 4.78 is 2.07. The summed E-state index contributed by atoms with van der Waals surface area (Å²) in [5.74, 6) is 0.841. The first-order valence-corrected chi connectivity index (χ1v) is 9.72. The number of aromatic nitrogens is 2. The number of rotatable bonds is 5.